The molecule has 0 rings (SSSR count). The van der Waals surface area contributed by atoms with Crippen molar-refractivity contribution >= 4 is 35.7 Å². The molecule has 7 heteroatoms. The quantitative estimate of drug-likeness (QED) is 0.116. The van der Waals surface area contributed by atoms with Gasteiger partial charge in [-0.3, -0.25) is 0 Å². The molecule has 0 fully saturated rings. The predicted molar refractivity (Wildman–Crippen MR) is 132 cm³/mol. The maximum atomic E-state index is 11.7. The van der Waals surface area contributed by atoms with Crippen LogP contribution in [0.25, 0.3) is 0 Å². The third-order valence-corrected chi connectivity index (χ3v) is 6.60. The van der Waals surface area contributed by atoms with Crippen molar-refractivity contribution in [3.63, 3.8) is 0 Å². The molecule has 0 aromatic carbocycles. The molecule has 29 heavy (non-hydrogen) atoms. The lowest BCUT2D eigenvalue weighted by atomic mass is 10.1. The molecule has 0 heterocycles. The third-order valence-electron chi connectivity index (χ3n) is 5.06. The summed E-state index contributed by atoms with van der Waals surface area (Å²) in [7, 11) is -3.81. The van der Waals surface area contributed by atoms with Crippen LogP contribution in [-0.2, 0) is 18.8 Å². The lowest BCUT2D eigenvalue weighted by Crippen LogP contribution is -2.12. The van der Waals surface area contributed by atoms with Crippen molar-refractivity contribution in [2.75, 3.05) is 24.7 Å². The first-order chi connectivity index (χ1) is 14.1. The van der Waals surface area contributed by atoms with Gasteiger partial charge in [0.25, 0.3) is 0 Å². The second-order valence-corrected chi connectivity index (χ2v) is 10.0. The Bertz CT molecular complexity index is 384. The van der Waals surface area contributed by atoms with Gasteiger partial charge in [0.15, 0.2) is 0 Å². The molecule has 0 N–H and O–H groups in total. The Labute approximate surface area is 192 Å². The van der Waals surface area contributed by atoms with Crippen molar-refractivity contribution in [2.24, 2.45) is 0 Å². The Morgan fingerprint density at radius 3 is 0.931 bits per heavy atom. The predicted octanol–water partition coefficient (Wildman–Crippen LogP) is 7.15. The highest BCUT2D eigenvalue weighted by Gasteiger charge is 2.11. The zero-order chi connectivity index (χ0) is 21.5. The Kier molecular flexibility index (Phi) is 23.7. The molecule has 176 valence electrons. The molecule has 0 aromatic rings. The maximum absolute atomic E-state index is 11.7. The van der Waals surface area contributed by atoms with Crippen LogP contribution < -0.4 is 0 Å². The van der Waals surface area contributed by atoms with E-state index in [2.05, 4.69) is 25.3 Å². The van der Waals surface area contributed by atoms with E-state index in [0.717, 1.165) is 50.0 Å². The van der Waals surface area contributed by atoms with E-state index in [9.17, 15) is 8.42 Å². The molecule has 0 aliphatic carbocycles. The molecule has 0 aliphatic heterocycles. The topological polar surface area (TPSA) is 52.6 Å². The minimum atomic E-state index is -3.81. The lowest BCUT2D eigenvalue weighted by Gasteiger charge is -2.06. The van der Waals surface area contributed by atoms with Gasteiger partial charge in [-0.2, -0.15) is 33.7 Å². The first-order valence-corrected chi connectivity index (χ1v) is 14.5. The van der Waals surface area contributed by atoms with Crippen molar-refractivity contribution in [3.8, 4) is 0 Å². The summed E-state index contributed by atoms with van der Waals surface area (Å²) in [5.74, 6) is 1.98. The fourth-order valence-electron chi connectivity index (χ4n) is 3.26. The van der Waals surface area contributed by atoms with Gasteiger partial charge in [0, 0.05) is 0 Å². The Hall–Kier alpha value is 0.570. The Morgan fingerprint density at radius 1 is 0.414 bits per heavy atom. The SMILES string of the molecule is O=S(=O)(OCCCCCCCCCCCS)OCCCCCCCCCCCS. The Balaban J connectivity index is 3.32. The van der Waals surface area contributed by atoms with Crippen LogP contribution in [0.2, 0.25) is 0 Å². The van der Waals surface area contributed by atoms with E-state index in [1.54, 1.807) is 0 Å². The average Bonchev–Trinajstić information content (AvgIpc) is 2.70. The zero-order valence-electron chi connectivity index (χ0n) is 18.5. The fraction of sp³-hybridized carbons (Fsp3) is 1.00. The van der Waals surface area contributed by atoms with E-state index in [1.807, 2.05) is 0 Å². The second kappa shape index (κ2) is 23.2. The van der Waals surface area contributed by atoms with Crippen molar-refractivity contribution in [1.82, 2.24) is 0 Å². The molecule has 0 saturated heterocycles. The van der Waals surface area contributed by atoms with Crippen molar-refractivity contribution in [1.29, 1.82) is 0 Å². The smallest absolute Gasteiger partial charge is 0.248 e. The van der Waals surface area contributed by atoms with Crippen LogP contribution in [0.4, 0.5) is 0 Å². The number of rotatable bonds is 24. The highest BCUT2D eigenvalue weighted by Crippen LogP contribution is 2.12. The van der Waals surface area contributed by atoms with E-state index in [1.165, 1.54) is 77.0 Å². The molecule has 0 atom stereocenters. The molecule has 0 saturated carbocycles. The van der Waals surface area contributed by atoms with Gasteiger partial charge in [0.2, 0.25) is 0 Å². The number of thiol groups is 2. The molecule has 0 amide bonds. The van der Waals surface area contributed by atoms with E-state index in [0.29, 0.717) is 0 Å². The van der Waals surface area contributed by atoms with Crippen LogP contribution in [-0.4, -0.2) is 33.1 Å². The first-order valence-electron chi connectivity index (χ1n) is 11.9. The van der Waals surface area contributed by atoms with Gasteiger partial charge in [-0.1, -0.05) is 89.9 Å². The summed E-state index contributed by atoms with van der Waals surface area (Å²) in [6.07, 6.45) is 21.0. The first kappa shape index (κ1) is 29.6. The van der Waals surface area contributed by atoms with Crippen LogP contribution in [0.3, 0.4) is 0 Å². The normalized spacial score (nSPS) is 11.9. The maximum Gasteiger partial charge on any atom is 0.399 e. The Morgan fingerprint density at radius 2 is 0.655 bits per heavy atom. The number of unbranched alkanes of at least 4 members (excludes halogenated alkanes) is 16. The van der Waals surface area contributed by atoms with E-state index >= 15 is 0 Å². The third kappa shape index (κ3) is 24.7. The summed E-state index contributed by atoms with van der Waals surface area (Å²) in [6, 6.07) is 0. The highest BCUT2D eigenvalue weighted by atomic mass is 32.3. The largest absolute Gasteiger partial charge is 0.399 e. The summed E-state index contributed by atoms with van der Waals surface area (Å²) >= 11 is 8.43. The molecule has 0 radical (unpaired) electrons. The van der Waals surface area contributed by atoms with E-state index in [-0.39, 0.29) is 13.2 Å². The molecule has 0 aliphatic rings. The molecule has 4 nitrogen and oxygen atoms in total. The van der Waals surface area contributed by atoms with Gasteiger partial charge in [-0.25, -0.2) is 8.37 Å². The molecular formula is C22H46O4S3. The van der Waals surface area contributed by atoms with Gasteiger partial charge in [0.1, 0.15) is 0 Å². The summed E-state index contributed by atoms with van der Waals surface area (Å²) in [6.45, 7) is 0.467. The second-order valence-electron chi connectivity index (χ2n) is 7.86. The molecule has 0 bridgehead atoms. The highest BCUT2D eigenvalue weighted by molar-refractivity contribution is 7.81. The summed E-state index contributed by atoms with van der Waals surface area (Å²) in [4.78, 5) is 0. The van der Waals surface area contributed by atoms with Crippen LogP contribution in [0.15, 0.2) is 0 Å². The van der Waals surface area contributed by atoms with Crippen LogP contribution in [0.5, 0.6) is 0 Å². The standard InChI is InChI=1S/C22H46O4S3/c23-29(24,25-19-15-11-7-3-1-5-9-13-17-21-27)26-20-16-12-8-4-2-6-10-14-18-22-28/h27-28H,1-22H2. The average molecular weight is 471 g/mol. The summed E-state index contributed by atoms with van der Waals surface area (Å²) < 4.78 is 33.3. The number of hydrogen-bond donors (Lipinski definition) is 2. The fourth-order valence-corrected chi connectivity index (χ4v) is 4.42. The minimum Gasteiger partial charge on any atom is -0.248 e. The minimum absolute atomic E-state index is 0.234. The van der Waals surface area contributed by atoms with Crippen molar-refractivity contribution < 1.29 is 16.8 Å². The number of hydrogen-bond acceptors (Lipinski definition) is 6. The van der Waals surface area contributed by atoms with E-state index < -0.39 is 10.4 Å². The van der Waals surface area contributed by atoms with Crippen molar-refractivity contribution in [2.45, 2.75) is 116 Å². The molecule has 0 unspecified atom stereocenters. The molecular weight excluding hydrogens is 424 g/mol. The van der Waals surface area contributed by atoms with Gasteiger partial charge in [0.05, 0.1) is 13.2 Å². The van der Waals surface area contributed by atoms with Crippen molar-refractivity contribution in [3.05, 3.63) is 0 Å². The zero-order valence-corrected chi connectivity index (χ0v) is 21.1. The van der Waals surface area contributed by atoms with Gasteiger partial charge in [-0.05, 0) is 37.2 Å². The van der Waals surface area contributed by atoms with Gasteiger partial charge in [-0.15, -0.1) is 0 Å². The van der Waals surface area contributed by atoms with Gasteiger partial charge >= 0.3 is 10.4 Å². The van der Waals surface area contributed by atoms with Crippen LogP contribution in [0.1, 0.15) is 116 Å². The monoisotopic (exact) mass is 470 g/mol. The molecule has 0 spiro atoms. The van der Waals surface area contributed by atoms with Crippen LogP contribution in [0, 0.1) is 0 Å². The molecule has 0 aromatic heterocycles. The summed E-state index contributed by atoms with van der Waals surface area (Å²) in [5, 5.41) is 0. The van der Waals surface area contributed by atoms with Crippen LogP contribution >= 0.6 is 25.3 Å². The lowest BCUT2D eigenvalue weighted by molar-refractivity contribution is 0.208. The van der Waals surface area contributed by atoms with E-state index in [4.69, 9.17) is 8.37 Å². The summed E-state index contributed by atoms with van der Waals surface area (Å²) in [5.41, 5.74) is 0. The van der Waals surface area contributed by atoms with Gasteiger partial charge < -0.3 is 0 Å².